The van der Waals surface area contributed by atoms with Gasteiger partial charge in [-0.05, 0) is 30.3 Å². The number of halogens is 3. The smallest absolute Gasteiger partial charge is 0.313 e. The van der Waals surface area contributed by atoms with Crippen LogP contribution in [0.15, 0.2) is 104 Å². The van der Waals surface area contributed by atoms with Crippen LogP contribution in [0.3, 0.4) is 0 Å². The molecule has 0 N–H and O–H groups in total. The van der Waals surface area contributed by atoms with Gasteiger partial charge in [-0.1, -0.05) is 92.0 Å². The maximum absolute atomic E-state index is 13.4. The summed E-state index contributed by atoms with van der Waals surface area (Å²) in [4.78, 5) is 29.3. The average molecular weight is 669 g/mol. The highest BCUT2D eigenvalue weighted by atomic mass is 79.9. The second-order valence-electron chi connectivity index (χ2n) is 8.31. The SMILES string of the molecule is O=c1c2ccccc2nc(-c2ccccc2)n1N=Cc1cc(Cl)c(OCc2ccc(Br)cc2Br)c([N+](=O)[O-])c1. The van der Waals surface area contributed by atoms with Crippen molar-refractivity contribution in [1.82, 2.24) is 9.66 Å². The molecule has 5 rings (SSSR count). The first-order chi connectivity index (χ1) is 18.8. The van der Waals surface area contributed by atoms with Crippen LogP contribution in [-0.4, -0.2) is 20.8 Å². The number of nitro groups is 1. The fourth-order valence-corrected chi connectivity index (χ4v) is 5.31. The van der Waals surface area contributed by atoms with Crippen molar-refractivity contribution in [1.29, 1.82) is 0 Å². The van der Waals surface area contributed by atoms with Gasteiger partial charge in [0.2, 0.25) is 5.75 Å². The van der Waals surface area contributed by atoms with Gasteiger partial charge in [0.25, 0.3) is 5.56 Å². The molecule has 1 heterocycles. The normalized spacial score (nSPS) is 11.3. The topological polar surface area (TPSA) is 99.6 Å². The van der Waals surface area contributed by atoms with Gasteiger partial charge in [-0.15, -0.1) is 0 Å². The predicted molar refractivity (Wildman–Crippen MR) is 159 cm³/mol. The lowest BCUT2D eigenvalue weighted by Crippen LogP contribution is -2.20. The predicted octanol–water partition coefficient (Wildman–Crippen LogP) is 7.61. The number of hydrogen-bond donors (Lipinski definition) is 0. The molecule has 0 saturated carbocycles. The van der Waals surface area contributed by atoms with Gasteiger partial charge in [0.05, 0.1) is 27.1 Å². The molecule has 0 saturated heterocycles. The molecule has 0 aliphatic rings. The first kappa shape index (κ1) is 26.7. The van der Waals surface area contributed by atoms with Crippen LogP contribution in [0.4, 0.5) is 5.69 Å². The van der Waals surface area contributed by atoms with Crippen molar-refractivity contribution in [3.8, 4) is 17.1 Å². The highest BCUT2D eigenvalue weighted by Gasteiger charge is 2.21. The number of nitrogens with zero attached hydrogens (tertiary/aromatic N) is 4. The van der Waals surface area contributed by atoms with Crippen LogP contribution in [0.5, 0.6) is 5.75 Å². The van der Waals surface area contributed by atoms with Gasteiger partial charge in [0, 0.05) is 31.7 Å². The van der Waals surface area contributed by atoms with E-state index in [4.69, 9.17) is 16.3 Å². The van der Waals surface area contributed by atoms with Crippen LogP contribution in [0, 0.1) is 10.1 Å². The summed E-state index contributed by atoms with van der Waals surface area (Å²) in [7, 11) is 0. The molecule has 8 nitrogen and oxygen atoms in total. The molecule has 0 fully saturated rings. The second-order valence-corrected chi connectivity index (χ2v) is 10.5. The van der Waals surface area contributed by atoms with Crippen molar-refractivity contribution >= 4 is 66.3 Å². The number of para-hydroxylation sites is 1. The summed E-state index contributed by atoms with van der Waals surface area (Å²) in [6.07, 6.45) is 1.33. The van der Waals surface area contributed by atoms with E-state index in [2.05, 4.69) is 41.9 Å². The molecule has 0 aliphatic carbocycles. The van der Waals surface area contributed by atoms with E-state index in [9.17, 15) is 14.9 Å². The minimum atomic E-state index is -0.575. The van der Waals surface area contributed by atoms with Gasteiger partial charge in [-0.25, -0.2) is 4.98 Å². The molecule has 4 aromatic carbocycles. The van der Waals surface area contributed by atoms with E-state index in [0.717, 1.165) is 14.5 Å². The van der Waals surface area contributed by atoms with Crippen molar-refractivity contribution in [3.05, 3.63) is 130 Å². The number of nitro benzene ring substituents is 1. The Morgan fingerprint density at radius 2 is 1.77 bits per heavy atom. The molecule has 0 radical (unpaired) electrons. The Kier molecular flexibility index (Phi) is 7.87. The van der Waals surface area contributed by atoms with Gasteiger partial charge in [-0.2, -0.15) is 9.78 Å². The van der Waals surface area contributed by atoms with E-state index in [1.807, 2.05) is 48.5 Å². The number of rotatable bonds is 7. The Morgan fingerprint density at radius 3 is 2.51 bits per heavy atom. The zero-order valence-electron chi connectivity index (χ0n) is 19.9. The molecule has 0 spiro atoms. The first-order valence-corrected chi connectivity index (χ1v) is 13.4. The highest BCUT2D eigenvalue weighted by Crippen LogP contribution is 2.37. The second kappa shape index (κ2) is 11.5. The molecule has 5 aromatic rings. The van der Waals surface area contributed by atoms with E-state index in [1.54, 1.807) is 24.3 Å². The number of benzene rings is 4. The van der Waals surface area contributed by atoms with Crippen molar-refractivity contribution < 1.29 is 9.66 Å². The summed E-state index contributed by atoms with van der Waals surface area (Å²) in [5.74, 6) is 0.263. The molecule has 11 heteroatoms. The van der Waals surface area contributed by atoms with Gasteiger partial charge in [0.1, 0.15) is 6.61 Å². The molecule has 39 heavy (non-hydrogen) atoms. The molecule has 0 aliphatic heterocycles. The molecule has 0 amide bonds. The fourth-order valence-electron chi connectivity index (χ4n) is 3.87. The fraction of sp³-hybridized carbons (Fsp3) is 0.0357. The zero-order chi connectivity index (χ0) is 27.5. The summed E-state index contributed by atoms with van der Waals surface area (Å²) >= 11 is 13.3. The summed E-state index contributed by atoms with van der Waals surface area (Å²) in [6, 6.07) is 24.4. The van der Waals surface area contributed by atoms with E-state index in [-0.39, 0.29) is 28.6 Å². The lowest BCUT2D eigenvalue weighted by atomic mass is 10.2. The number of ether oxygens (including phenoxy) is 1. The van der Waals surface area contributed by atoms with Crippen LogP contribution in [0.1, 0.15) is 11.1 Å². The van der Waals surface area contributed by atoms with Crippen LogP contribution < -0.4 is 10.3 Å². The monoisotopic (exact) mass is 666 g/mol. The summed E-state index contributed by atoms with van der Waals surface area (Å²) in [5.41, 5.74) is 1.60. The Hall–Kier alpha value is -3.86. The number of fused-ring (bicyclic) bond motifs is 1. The maximum Gasteiger partial charge on any atom is 0.313 e. The van der Waals surface area contributed by atoms with Crippen molar-refractivity contribution in [2.45, 2.75) is 6.61 Å². The average Bonchev–Trinajstić information content (AvgIpc) is 2.93. The minimum Gasteiger partial charge on any atom is -0.481 e. The Labute approximate surface area is 243 Å². The molecular formula is C28H17Br2ClN4O4. The third-order valence-electron chi connectivity index (χ3n) is 5.74. The largest absolute Gasteiger partial charge is 0.481 e. The first-order valence-electron chi connectivity index (χ1n) is 11.5. The van der Waals surface area contributed by atoms with Gasteiger partial charge >= 0.3 is 5.69 Å². The lowest BCUT2D eigenvalue weighted by molar-refractivity contribution is -0.385. The summed E-state index contributed by atoms with van der Waals surface area (Å²) in [6.45, 7) is 0.0560. The van der Waals surface area contributed by atoms with Gasteiger partial charge in [-0.3, -0.25) is 14.9 Å². The minimum absolute atomic E-state index is 0.0335. The molecular weight excluding hydrogens is 652 g/mol. The van der Waals surface area contributed by atoms with E-state index >= 15 is 0 Å². The van der Waals surface area contributed by atoms with Crippen molar-refractivity contribution in [3.63, 3.8) is 0 Å². The Bertz CT molecular complexity index is 1810. The highest BCUT2D eigenvalue weighted by molar-refractivity contribution is 9.11. The lowest BCUT2D eigenvalue weighted by Gasteiger charge is -2.11. The Balaban J connectivity index is 1.54. The third-order valence-corrected chi connectivity index (χ3v) is 7.25. The molecule has 1 aromatic heterocycles. The van der Waals surface area contributed by atoms with Crippen molar-refractivity contribution in [2.24, 2.45) is 5.10 Å². The van der Waals surface area contributed by atoms with Crippen molar-refractivity contribution in [2.75, 3.05) is 0 Å². The molecule has 0 unspecified atom stereocenters. The quantitative estimate of drug-likeness (QED) is 0.101. The van der Waals surface area contributed by atoms with Gasteiger partial charge in [0.15, 0.2) is 5.82 Å². The summed E-state index contributed by atoms with van der Waals surface area (Å²) < 4.78 is 8.60. The zero-order valence-corrected chi connectivity index (χ0v) is 23.9. The van der Waals surface area contributed by atoms with Crippen LogP contribution >= 0.6 is 43.5 Å². The number of aromatic nitrogens is 2. The van der Waals surface area contributed by atoms with Gasteiger partial charge < -0.3 is 4.74 Å². The van der Waals surface area contributed by atoms with Crippen LogP contribution in [0.25, 0.3) is 22.3 Å². The van der Waals surface area contributed by atoms with Crippen LogP contribution in [-0.2, 0) is 6.61 Å². The molecule has 0 atom stereocenters. The van der Waals surface area contributed by atoms with E-state index in [1.165, 1.54) is 23.0 Å². The van der Waals surface area contributed by atoms with E-state index in [0.29, 0.717) is 27.9 Å². The molecule has 0 bridgehead atoms. The number of hydrogen-bond acceptors (Lipinski definition) is 6. The standard InChI is InChI=1S/C28H17Br2ClN4O4/c29-20-11-10-19(22(30)14-20)16-39-26-23(31)12-17(13-25(26)35(37)38)15-32-34-27(18-6-2-1-3-7-18)33-24-9-5-4-8-21(24)28(34)36/h1-15H,16H2. The van der Waals surface area contributed by atoms with Crippen LogP contribution in [0.2, 0.25) is 5.02 Å². The maximum atomic E-state index is 13.4. The Morgan fingerprint density at radius 1 is 1.03 bits per heavy atom. The summed E-state index contributed by atoms with van der Waals surface area (Å²) in [5, 5.41) is 16.7. The third kappa shape index (κ3) is 5.78. The molecule has 194 valence electrons. The van der Waals surface area contributed by atoms with E-state index < -0.39 is 4.92 Å².